The number of carbonyl (C=O) groups excluding carboxylic acids is 1. The number of para-hydroxylation sites is 2. The Morgan fingerprint density at radius 2 is 1.68 bits per heavy atom. The van der Waals surface area contributed by atoms with Crippen LogP contribution in [0, 0.1) is 23.2 Å². The van der Waals surface area contributed by atoms with E-state index in [9.17, 15) is 4.79 Å². The van der Waals surface area contributed by atoms with Crippen molar-refractivity contribution in [1.29, 1.82) is 0 Å². The van der Waals surface area contributed by atoms with E-state index in [-0.39, 0.29) is 5.41 Å². The van der Waals surface area contributed by atoms with Crippen LogP contribution in [-0.4, -0.2) is 12.4 Å². The fourth-order valence-corrected chi connectivity index (χ4v) is 5.58. The molecule has 0 spiro atoms. The molecule has 4 aliphatic carbocycles. The third kappa shape index (κ3) is 2.41. The van der Waals surface area contributed by atoms with Gasteiger partial charge in [0.2, 0.25) is 0 Å². The van der Waals surface area contributed by atoms with Gasteiger partial charge in [-0.3, -0.25) is 4.79 Å². The molecule has 3 heteroatoms. The van der Waals surface area contributed by atoms with Gasteiger partial charge in [0.25, 0.3) is 0 Å². The van der Waals surface area contributed by atoms with Crippen LogP contribution in [-0.2, 0) is 4.79 Å². The predicted molar refractivity (Wildman–Crippen MR) is 86.6 cm³/mol. The molecule has 118 valence electrons. The molecule has 22 heavy (non-hydrogen) atoms. The van der Waals surface area contributed by atoms with Gasteiger partial charge >= 0.3 is 0 Å². The first-order valence-corrected chi connectivity index (χ1v) is 8.65. The standard InChI is InChI=1S/C19H25NO2/c20-16-3-1-2-4-17(16)22-6-5-18(21)19-10-13-7-14(11-19)9-15(8-13)12-19/h1-4,13-15H,5-12,20H2. The Labute approximate surface area is 132 Å². The smallest absolute Gasteiger partial charge is 0.142 e. The number of anilines is 1. The number of ether oxygens (including phenoxy) is 1. The van der Waals surface area contributed by atoms with E-state index in [2.05, 4.69) is 0 Å². The van der Waals surface area contributed by atoms with Crippen molar-refractivity contribution in [3.63, 3.8) is 0 Å². The lowest BCUT2D eigenvalue weighted by atomic mass is 9.48. The van der Waals surface area contributed by atoms with Crippen LogP contribution in [0.15, 0.2) is 24.3 Å². The topological polar surface area (TPSA) is 52.3 Å². The fraction of sp³-hybridized carbons (Fsp3) is 0.632. The molecule has 3 nitrogen and oxygen atoms in total. The summed E-state index contributed by atoms with van der Waals surface area (Å²) in [6.07, 6.45) is 8.10. The molecule has 0 atom stereocenters. The minimum Gasteiger partial charge on any atom is -0.491 e. The number of ketones is 1. The number of hydrogen-bond donors (Lipinski definition) is 1. The Morgan fingerprint density at radius 1 is 1.09 bits per heavy atom. The summed E-state index contributed by atoms with van der Waals surface area (Å²) in [5, 5.41) is 0. The van der Waals surface area contributed by atoms with Crippen molar-refractivity contribution in [2.75, 3.05) is 12.3 Å². The van der Waals surface area contributed by atoms with E-state index >= 15 is 0 Å². The molecule has 0 aromatic heterocycles. The Morgan fingerprint density at radius 3 is 2.27 bits per heavy atom. The van der Waals surface area contributed by atoms with Crippen LogP contribution in [0.25, 0.3) is 0 Å². The molecule has 1 aromatic carbocycles. The van der Waals surface area contributed by atoms with Crippen molar-refractivity contribution in [3.05, 3.63) is 24.3 Å². The molecular formula is C19H25NO2. The second kappa shape index (κ2) is 5.29. The van der Waals surface area contributed by atoms with Crippen molar-refractivity contribution in [1.82, 2.24) is 0 Å². The van der Waals surface area contributed by atoms with E-state index in [1.807, 2.05) is 24.3 Å². The minimum atomic E-state index is 0.000340. The predicted octanol–water partition coefficient (Wildman–Crippen LogP) is 3.82. The lowest BCUT2D eigenvalue weighted by Crippen LogP contribution is -2.50. The van der Waals surface area contributed by atoms with Crippen molar-refractivity contribution < 1.29 is 9.53 Å². The molecule has 4 aliphatic rings. The summed E-state index contributed by atoms with van der Waals surface area (Å²) >= 11 is 0. The van der Waals surface area contributed by atoms with Gasteiger partial charge in [-0.2, -0.15) is 0 Å². The molecule has 0 saturated heterocycles. The van der Waals surface area contributed by atoms with Gasteiger partial charge in [0.1, 0.15) is 11.5 Å². The first-order valence-electron chi connectivity index (χ1n) is 8.65. The molecule has 0 unspecified atom stereocenters. The lowest BCUT2D eigenvalue weighted by molar-refractivity contribution is -0.144. The van der Waals surface area contributed by atoms with Crippen LogP contribution in [0.4, 0.5) is 5.69 Å². The van der Waals surface area contributed by atoms with Crippen LogP contribution < -0.4 is 10.5 Å². The van der Waals surface area contributed by atoms with Crippen LogP contribution in [0.2, 0.25) is 0 Å². The van der Waals surface area contributed by atoms with E-state index in [0.717, 1.165) is 37.0 Å². The Bertz CT molecular complexity index is 545. The van der Waals surface area contributed by atoms with Crippen LogP contribution >= 0.6 is 0 Å². The molecular weight excluding hydrogens is 274 g/mol. The highest BCUT2D eigenvalue weighted by atomic mass is 16.5. The molecule has 0 amide bonds. The highest BCUT2D eigenvalue weighted by Gasteiger charge is 2.53. The number of rotatable bonds is 5. The maximum Gasteiger partial charge on any atom is 0.142 e. The molecule has 0 radical (unpaired) electrons. The number of benzene rings is 1. The van der Waals surface area contributed by atoms with Gasteiger partial charge < -0.3 is 10.5 Å². The molecule has 4 bridgehead atoms. The van der Waals surface area contributed by atoms with Crippen molar-refractivity contribution in [2.24, 2.45) is 23.2 Å². The zero-order valence-electron chi connectivity index (χ0n) is 13.1. The molecule has 4 fully saturated rings. The van der Waals surface area contributed by atoms with Gasteiger partial charge in [-0.1, -0.05) is 12.1 Å². The summed E-state index contributed by atoms with van der Waals surface area (Å²) in [4.78, 5) is 12.9. The van der Waals surface area contributed by atoms with E-state index in [1.54, 1.807) is 0 Å². The number of nitrogen functional groups attached to an aromatic ring is 1. The molecule has 0 heterocycles. The third-order valence-corrected chi connectivity index (χ3v) is 6.14. The summed E-state index contributed by atoms with van der Waals surface area (Å²) < 4.78 is 5.72. The van der Waals surface area contributed by atoms with Crippen molar-refractivity contribution in [2.45, 2.75) is 44.9 Å². The van der Waals surface area contributed by atoms with E-state index < -0.39 is 0 Å². The van der Waals surface area contributed by atoms with Gasteiger partial charge in [0.05, 0.1) is 12.3 Å². The molecule has 4 saturated carbocycles. The Balaban J connectivity index is 1.37. The maximum absolute atomic E-state index is 12.9. The normalized spacial score (nSPS) is 35.5. The lowest BCUT2D eigenvalue weighted by Gasteiger charge is -2.56. The first-order chi connectivity index (χ1) is 10.6. The number of Topliss-reactive ketones (excluding diaryl/α,β-unsaturated/α-hetero) is 1. The first kappa shape index (κ1) is 14.1. The number of carbonyl (C=O) groups is 1. The van der Waals surface area contributed by atoms with Gasteiger partial charge in [-0.15, -0.1) is 0 Å². The quantitative estimate of drug-likeness (QED) is 0.841. The zero-order valence-corrected chi connectivity index (χ0v) is 13.1. The van der Waals surface area contributed by atoms with Crippen molar-refractivity contribution >= 4 is 11.5 Å². The number of nitrogens with two attached hydrogens (primary N) is 1. The molecule has 1 aromatic rings. The average Bonchev–Trinajstić information content (AvgIpc) is 2.47. The second-order valence-electron chi connectivity index (χ2n) is 7.76. The van der Waals surface area contributed by atoms with Crippen LogP contribution in [0.5, 0.6) is 5.75 Å². The largest absolute Gasteiger partial charge is 0.491 e. The molecule has 2 N–H and O–H groups in total. The summed E-state index contributed by atoms with van der Waals surface area (Å²) in [5.74, 6) is 3.60. The average molecular weight is 299 g/mol. The SMILES string of the molecule is Nc1ccccc1OCCC(=O)C12CC3CC(CC(C3)C1)C2. The second-order valence-corrected chi connectivity index (χ2v) is 7.76. The summed E-state index contributed by atoms with van der Waals surface area (Å²) in [6.45, 7) is 0.453. The van der Waals surface area contributed by atoms with Gasteiger partial charge in [0.15, 0.2) is 0 Å². The number of hydrogen-bond acceptors (Lipinski definition) is 3. The fourth-order valence-electron chi connectivity index (χ4n) is 5.58. The monoisotopic (exact) mass is 299 g/mol. The van der Waals surface area contributed by atoms with Crippen LogP contribution in [0.3, 0.4) is 0 Å². The van der Waals surface area contributed by atoms with Gasteiger partial charge in [0, 0.05) is 11.8 Å². The highest BCUT2D eigenvalue weighted by Crippen LogP contribution is 2.60. The Hall–Kier alpha value is -1.51. The summed E-state index contributed by atoms with van der Waals surface area (Å²) in [5.41, 5.74) is 6.52. The van der Waals surface area contributed by atoms with Gasteiger partial charge in [-0.25, -0.2) is 0 Å². The van der Waals surface area contributed by atoms with E-state index in [0.29, 0.717) is 30.2 Å². The van der Waals surface area contributed by atoms with Crippen LogP contribution in [0.1, 0.15) is 44.9 Å². The van der Waals surface area contributed by atoms with Crippen molar-refractivity contribution in [3.8, 4) is 5.75 Å². The molecule has 0 aliphatic heterocycles. The zero-order chi connectivity index (χ0) is 15.2. The third-order valence-electron chi connectivity index (χ3n) is 6.14. The van der Waals surface area contributed by atoms with E-state index in [1.165, 1.54) is 19.3 Å². The Kier molecular flexibility index (Phi) is 3.39. The van der Waals surface area contributed by atoms with Gasteiger partial charge in [-0.05, 0) is 68.4 Å². The summed E-state index contributed by atoms with van der Waals surface area (Å²) in [6, 6.07) is 7.50. The maximum atomic E-state index is 12.9. The van der Waals surface area contributed by atoms with E-state index in [4.69, 9.17) is 10.5 Å². The molecule has 5 rings (SSSR count). The highest BCUT2D eigenvalue weighted by molar-refractivity contribution is 5.85. The minimum absolute atomic E-state index is 0.000340. The summed E-state index contributed by atoms with van der Waals surface area (Å²) in [7, 11) is 0.